The monoisotopic (exact) mass is 454 g/mol. The highest BCUT2D eigenvalue weighted by Crippen LogP contribution is 2.27. The van der Waals surface area contributed by atoms with Crippen molar-refractivity contribution < 1.29 is 23.1 Å². The number of nitrogens with one attached hydrogen (secondary N) is 1. The van der Waals surface area contributed by atoms with Gasteiger partial charge in [0.05, 0.1) is 29.4 Å². The molecule has 3 rings (SSSR count). The molecule has 0 aromatic heterocycles. The molecule has 1 saturated heterocycles. The molecule has 1 aliphatic heterocycles. The number of carbonyl (C=O) groups is 1. The number of aryl methyl sites for hydroxylation is 1. The van der Waals surface area contributed by atoms with Crippen LogP contribution in [0.15, 0.2) is 45.8 Å². The Bertz CT molecular complexity index is 972. The number of halogens is 1. The Morgan fingerprint density at radius 3 is 2.56 bits per heavy atom. The summed E-state index contributed by atoms with van der Waals surface area (Å²) in [5, 5.41) is 12.8. The summed E-state index contributed by atoms with van der Waals surface area (Å²) >= 11 is 3.37. The van der Waals surface area contributed by atoms with Crippen LogP contribution in [0.25, 0.3) is 0 Å². The highest BCUT2D eigenvalue weighted by molar-refractivity contribution is 9.10. The number of ether oxygens (including phenoxy) is 1. The molecule has 0 saturated carbocycles. The topological polar surface area (TPSA) is 95.9 Å². The molecule has 1 fully saturated rings. The van der Waals surface area contributed by atoms with E-state index in [-0.39, 0.29) is 29.3 Å². The number of sulfonamides is 1. The first-order valence-electron chi connectivity index (χ1n) is 8.27. The number of hydrogen-bond donors (Lipinski definition) is 2. The summed E-state index contributed by atoms with van der Waals surface area (Å²) in [6.07, 6.45) is 0. The van der Waals surface area contributed by atoms with Gasteiger partial charge in [-0.3, -0.25) is 4.79 Å². The fourth-order valence-corrected chi connectivity index (χ4v) is 4.73. The lowest BCUT2D eigenvalue weighted by atomic mass is 10.1. The van der Waals surface area contributed by atoms with Crippen molar-refractivity contribution in [3.8, 4) is 5.75 Å². The number of carbonyl (C=O) groups excluding carboxylic acids is 1. The number of anilines is 1. The van der Waals surface area contributed by atoms with Crippen LogP contribution in [-0.2, 0) is 14.8 Å². The minimum absolute atomic E-state index is 0.0460. The van der Waals surface area contributed by atoms with Gasteiger partial charge < -0.3 is 15.2 Å². The van der Waals surface area contributed by atoms with Gasteiger partial charge in [0.2, 0.25) is 10.0 Å². The molecule has 144 valence electrons. The van der Waals surface area contributed by atoms with E-state index >= 15 is 0 Å². The van der Waals surface area contributed by atoms with Crippen molar-refractivity contribution >= 4 is 37.5 Å². The predicted octanol–water partition coefficient (Wildman–Crippen LogP) is 2.74. The van der Waals surface area contributed by atoms with E-state index in [1.807, 2.05) is 19.1 Å². The van der Waals surface area contributed by atoms with Crippen molar-refractivity contribution in [2.45, 2.75) is 11.8 Å². The van der Waals surface area contributed by atoms with E-state index in [9.17, 15) is 18.3 Å². The van der Waals surface area contributed by atoms with E-state index in [0.717, 1.165) is 5.56 Å². The Hall–Kier alpha value is -1.94. The molecule has 9 heteroatoms. The number of benzene rings is 2. The number of aromatic hydroxyl groups is 1. The lowest BCUT2D eigenvalue weighted by molar-refractivity contribution is 0.0730. The summed E-state index contributed by atoms with van der Waals surface area (Å²) in [6.45, 7) is 3.07. The van der Waals surface area contributed by atoms with Crippen LogP contribution in [0.5, 0.6) is 5.75 Å². The third-order valence-electron chi connectivity index (χ3n) is 4.19. The fourth-order valence-electron chi connectivity index (χ4n) is 2.70. The molecule has 2 aromatic carbocycles. The summed E-state index contributed by atoms with van der Waals surface area (Å²) in [6, 6.07) is 9.10. The average molecular weight is 455 g/mol. The second-order valence-corrected chi connectivity index (χ2v) is 8.93. The zero-order valence-corrected chi connectivity index (χ0v) is 17.0. The van der Waals surface area contributed by atoms with Gasteiger partial charge in [-0.25, -0.2) is 8.42 Å². The van der Waals surface area contributed by atoms with Crippen LogP contribution in [0, 0.1) is 6.92 Å². The number of phenols is 1. The standard InChI is InChI=1S/C18H19BrN2O5S/c1-12-2-4-16(15(19)10-12)20-18(23)14-11-13(3-5-17(14)22)27(24,25)21-6-8-26-9-7-21/h2-5,10-11,22H,6-9H2,1H3,(H,20,23). The molecule has 0 atom stereocenters. The predicted molar refractivity (Wildman–Crippen MR) is 105 cm³/mol. The van der Waals surface area contributed by atoms with Crippen molar-refractivity contribution in [3.63, 3.8) is 0 Å². The maximum atomic E-state index is 12.8. The van der Waals surface area contributed by atoms with E-state index in [0.29, 0.717) is 23.4 Å². The number of morpholine rings is 1. The van der Waals surface area contributed by atoms with Crippen LogP contribution < -0.4 is 5.32 Å². The first-order chi connectivity index (χ1) is 12.8. The number of phenolic OH excluding ortho intramolecular Hbond substituents is 1. The summed E-state index contributed by atoms with van der Waals surface area (Å²) in [5.74, 6) is -0.896. The molecule has 0 unspecified atom stereocenters. The van der Waals surface area contributed by atoms with Gasteiger partial charge in [0.25, 0.3) is 5.91 Å². The van der Waals surface area contributed by atoms with E-state index in [1.165, 1.54) is 22.5 Å². The highest BCUT2D eigenvalue weighted by atomic mass is 79.9. The van der Waals surface area contributed by atoms with Crippen LogP contribution in [0.2, 0.25) is 0 Å². The number of rotatable bonds is 4. The Morgan fingerprint density at radius 1 is 1.19 bits per heavy atom. The average Bonchev–Trinajstić information content (AvgIpc) is 2.65. The lowest BCUT2D eigenvalue weighted by Gasteiger charge is -2.26. The zero-order chi connectivity index (χ0) is 19.6. The van der Waals surface area contributed by atoms with E-state index in [4.69, 9.17) is 4.74 Å². The van der Waals surface area contributed by atoms with Gasteiger partial charge in [-0.15, -0.1) is 0 Å². The second-order valence-electron chi connectivity index (χ2n) is 6.13. The number of hydrogen-bond acceptors (Lipinski definition) is 5. The van der Waals surface area contributed by atoms with Crippen molar-refractivity contribution in [1.29, 1.82) is 0 Å². The van der Waals surface area contributed by atoms with Crippen molar-refractivity contribution in [3.05, 3.63) is 52.0 Å². The van der Waals surface area contributed by atoms with Crippen molar-refractivity contribution in [1.82, 2.24) is 4.31 Å². The fraction of sp³-hybridized carbons (Fsp3) is 0.278. The summed E-state index contributed by atoms with van der Waals surface area (Å²) in [4.78, 5) is 12.6. The molecule has 1 heterocycles. The van der Waals surface area contributed by atoms with Gasteiger partial charge in [-0.05, 0) is 58.7 Å². The molecule has 0 spiro atoms. The minimum atomic E-state index is -3.77. The van der Waals surface area contributed by atoms with Crippen LogP contribution in [0.3, 0.4) is 0 Å². The molecule has 2 N–H and O–H groups in total. The molecule has 2 aromatic rings. The van der Waals surface area contributed by atoms with E-state index in [2.05, 4.69) is 21.2 Å². The Labute approximate surface area is 166 Å². The van der Waals surface area contributed by atoms with Crippen molar-refractivity contribution in [2.24, 2.45) is 0 Å². The van der Waals surface area contributed by atoms with Gasteiger partial charge in [0.1, 0.15) is 5.75 Å². The molecule has 7 nitrogen and oxygen atoms in total. The second kappa shape index (κ2) is 7.97. The van der Waals surface area contributed by atoms with Gasteiger partial charge in [-0.2, -0.15) is 4.31 Å². The molecule has 27 heavy (non-hydrogen) atoms. The van der Waals surface area contributed by atoms with Gasteiger partial charge in [0, 0.05) is 17.6 Å². The smallest absolute Gasteiger partial charge is 0.259 e. The van der Waals surface area contributed by atoms with Crippen LogP contribution >= 0.6 is 15.9 Å². The van der Waals surface area contributed by atoms with Gasteiger partial charge in [0.15, 0.2) is 0 Å². The summed E-state index contributed by atoms with van der Waals surface area (Å²) in [7, 11) is -3.77. The number of amides is 1. The van der Waals surface area contributed by atoms with Gasteiger partial charge >= 0.3 is 0 Å². The molecule has 1 aliphatic rings. The van der Waals surface area contributed by atoms with Crippen LogP contribution in [0.4, 0.5) is 5.69 Å². The maximum absolute atomic E-state index is 12.8. The minimum Gasteiger partial charge on any atom is -0.507 e. The molecular formula is C18H19BrN2O5S. The molecule has 0 radical (unpaired) electrons. The zero-order valence-electron chi connectivity index (χ0n) is 14.6. The molecule has 0 bridgehead atoms. The third-order valence-corrected chi connectivity index (χ3v) is 6.74. The molecule has 0 aliphatic carbocycles. The Balaban J connectivity index is 1.89. The van der Waals surface area contributed by atoms with Crippen molar-refractivity contribution in [2.75, 3.05) is 31.6 Å². The number of nitrogens with zero attached hydrogens (tertiary/aromatic N) is 1. The Kier molecular flexibility index (Phi) is 5.85. The summed E-state index contributed by atoms with van der Waals surface area (Å²) < 4.78 is 32.7. The first-order valence-corrected chi connectivity index (χ1v) is 10.5. The highest BCUT2D eigenvalue weighted by Gasteiger charge is 2.27. The Morgan fingerprint density at radius 2 is 1.89 bits per heavy atom. The van der Waals surface area contributed by atoms with E-state index in [1.54, 1.807) is 6.07 Å². The normalized spacial score (nSPS) is 15.5. The SMILES string of the molecule is Cc1ccc(NC(=O)c2cc(S(=O)(=O)N3CCOCC3)ccc2O)c(Br)c1. The van der Waals surface area contributed by atoms with Crippen LogP contribution in [0.1, 0.15) is 15.9 Å². The quantitative estimate of drug-likeness (QED) is 0.740. The largest absolute Gasteiger partial charge is 0.507 e. The maximum Gasteiger partial charge on any atom is 0.259 e. The first kappa shape index (κ1) is 19.8. The third kappa shape index (κ3) is 4.32. The van der Waals surface area contributed by atoms with Gasteiger partial charge in [-0.1, -0.05) is 6.07 Å². The lowest BCUT2D eigenvalue weighted by Crippen LogP contribution is -2.40. The molecule has 1 amide bonds. The molecular weight excluding hydrogens is 436 g/mol. The van der Waals surface area contributed by atoms with E-state index < -0.39 is 15.9 Å². The van der Waals surface area contributed by atoms with Crippen LogP contribution in [-0.4, -0.2) is 50.0 Å². The summed E-state index contributed by atoms with van der Waals surface area (Å²) in [5.41, 5.74) is 1.42.